The van der Waals surface area contributed by atoms with Gasteiger partial charge in [-0.25, -0.2) is 13.0 Å². The Morgan fingerprint density at radius 3 is 2.12 bits per heavy atom. The molecule has 1 aliphatic rings. The molecule has 1 aliphatic heterocycles. The zero-order chi connectivity index (χ0) is 18.8. The van der Waals surface area contributed by atoms with Gasteiger partial charge in [-0.2, -0.15) is 14.3 Å². The van der Waals surface area contributed by atoms with Crippen molar-refractivity contribution in [3.8, 4) is 0 Å². The van der Waals surface area contributed by atoms with Crippen LogP contribution in [0.5, 0.6) is 0 Å². The number of hydrogen-bond donors (Lipinski definition) is 1. The maximum atomic E-state index is 12.0. The first-order valence-electron chi connectivity index (χ1n) is 8.16. The Hall–Kier alpha value is -1.36. The molecule has 8 nitrogen and oxygen atoms in total. The highest BCUT2D eigenvalue weighted by atomic mass is 32.3. The predicted octanol–water partition coefficient (Wildman–Crippen LogP) is 0.894. The van der Waals surface area contributed by atoms with E-state index in [0.717, 1.165) is 5.56 Å². The summed E-state index contributed by atoms with van der Waals surface area (Å²) in [5.74, 6) is 6.24. The topological polar surface area (TPSA) is 105 Å². The van der Waals surface area contributed by atoms with E-state index in [9.17, 15) is 13.2 Å². The number of hydrogen-bond acceptors (Lipinski definition) is 7. The zero-order valence-electron chi connectivity index (χ0n) is 14.7. The standard InChI is InChI=1S/C12H17N2O2.C4H10O4S/c13-14(6-8-16-9-7-14)10-12(15)11-4-2-1-3-5-11;1-3-7-9(5,6)8-4-2/h1-5H,6-10,13H2;3-4H2,1-2H3/q+1;. The third-order valence-corrected chi connectivity index (χ3v) is 4.49. The highest BCUT2D eigenvalue weighted by Crippen LogP contribution is 2.08. The normalized spacial score (nSPS) is 16.6. The number of rotatable bonds is 7. The van der Waals surface area contributed by atoms with Gasteiger partial charge < -0.3 is 4.74 Å². The number of nitrogens with two attached hydrogens (primary N) is 1. The summed E-state index contributed by atoms with van der Waals surface area (Å²) in [6.45, 7) is 6.43. The van der Waals surface area contributed by atoms with Crippen molar-refractivity contribution < 1.29 is 30.9 Å². The average Bonchev–Trinajstić information content (AvgIpc) is 2.56. The van der Waals surface area contributed by atoms with E-state index in [4.69, 9.17) is 10.6 Å². The summed E-state index contributed by atoms with van der Waals surface area (Å²) in [5, 5.41) is 0. The van der Waals surface area contributed by atoms with Crippen molar-refractivity contribution in [2.45, 2.75) is 13.8 Å². The second kappa shape index (κ2) is 10.6. The van der Waals surface area contributed by atoms with Crippen LogP contribution in [0.3, 0.4) is 0 Å². The first kappa shape index (κ1) is 21.7. The number of benzene rings is 1. The minimum Gasteiger partial charge on any atom is -0.370 e. The number of carbonyl (C=O) groups excluding carboxylic acids is 1. The number of carbonyl (C=O) groups is 1. The first-order valence-corrected chi connectivity index (χ1v) is 9.49. The molecule has 25 heavy (non-hydrogen) atoms. The SMILES string of the molecule is CCOS(=O)(=O)OCC.N[N+]1(CC(=O)c2ccccc2)CCOCC1. The molecule has 0 saturated carbocycles. The van der Waals surface area contributed by atoms with Gasteiger partial charge in [-0.3, -0.25) is 4.79 Å². The third-order valence-electron chi connectivity index (χ3n) is 3.44. The molecule has 0 unspecified atom stereocenters. The molecule has 0 atom stereocenters. The number of morpholine rings is 1. The van der Waals surface area contributed by atoms with E-state index in [2.05, 4.69) is 8.37 Å². The fraction of sp³-hybridized carbons (Fsp3) is 0.562. The summed E-state index contributed by atoms with van der Waals surface area (Å²) < 4.78 is 34.8. The largest absolute Gasteiger partial charge is 0.399 e. The number of Topliss-reactive ketones (excluding diaryl/α,β-unsaturated/α-hetero) is 1. The van der Waals surface area contributed by atoms with Crippen molar-refractivity contribution in [3.63, 3.8) is 0 Å². The molecular weight excluding hydrogens is 348 g/mol. The third kappa shape index (κ3) is 8.52. The molecule has 1 aromatic carbocycles. The molecule has 2 rings (SSSR count). The van der Waals surface area contributed by atoms with E-state index < -0.39 is 10.4 Å². The van der Waals surface area contributed by atoms with E-state index in [1.165, 1.54) is 0 Å². The van der Waals surface area contributed by atoms with Crippen LogP contribution < -0.4 is 5.84 Å². The highest BCUT2D eigenvalue weighted by molar-refractivity contribution is 7.81. The van der Waals surface area contributed by atoms with E-state index in [1.807, 2.05) is 30.3 Å². The lowest BCUT2D eigenvalue weighted by molar-refractivity contribution is -0.939. The van der Waals surface area contributed by atoms with Gasteiger partial charge in [0, 0.05) is 5.56 Å². The van der Waals surface area contributed by atoms with Gasteiger partial charge in [0.05, 0.1) is 26.4 Å². The van der Waals surface area contributed by atoms with Crippen LogP contribution in [0.4, 0.5) is 0 Å². The summed E-state index contributed by atoms with van der Waals surface area (Å²) >= 11 is 0. The minimum absolute atomic E-state index is 0.102. The predicted molar refractivity (Wildman–Crippen MR) is 92.8 cm³/mol. The molecule has 0 radical (unpaired) electrons. The Bertz CT molecular complexity index is 603. The molecule has 9 heteroatoms. The molecule has 142 valence electrons. The Kier molecular flexibility index (Phi) is 9.19. The second-order valence-electron chi connectivity index (χ2n) is 5.45. The summed E-state index contributed by atoms with van der Waals surface area (Å²) in [7, 11) is -3.68. The molecule has 1 aromatic rings. The van der Waals surface area contributed by atoms with Crippen LogP contribution in [0.25, 0.3) is 0 Å². The van der Waals surface area contributed by atoms with Gasteiger partial charge in [0.1, 0.15) is 13.1 Å². The van der Waals surface area contributed by atoms with Gasteiger partial charge >= 0.3 is 10.4 Å². The Morgan fingerprint density at radius 2 is 1.64 bits per heavy atom. The molecule has 0 spiro atoms. The molecule has 0 bridgehead atoms. The Labute approximate surface area is 149 Å². The molecule has 1 fully saturated rings. The van der Waals surface area contributed by atoms with Crippen LogP contribution in [0, 0.1) is 0 Å². The van der Waals surface area contributed by atoms with Crippen LogP contribution in [0.1, 0.15) is 24.2 Å². The maximum absolute atomic E-state index is 12.0. The van der Waals surface area contributed by atoms with Crippen LogP contribution in [-0.2, 0) is 23.5 Å². The highest BCUT2D eigenvalue weighted by Gasteiger charge is 2.29. The molecule has 1 saturated heterocycles. The fourth-order valence-electron chi connectivity index (χ4n) is 2.19. The molecule has 0 aliphatic carbocycles. The van der Waals surface area contributed by atoms with Crippen molar-refractivity contribution in [2.24, 2.45) is 5.84 Å². The fourth-order valence-corrected chi connectivity index (χ4v) is 2.83. The molecule has 1 heterocycles. The van der Waals surface area contributed by atoms with Gasteiger partial charge in [0.25, 0.3) is 0 Å². The number of nitrogens with zero attached hydrogens (tertiary/aromatic N) is 1. The van der Waals surface area contributed by atoms with Crippen molar-refractivity contribution in [1.29, 1.82) is 0 Å². The Morgan fingerprint density at radius 1 is 1.12 bits per heavy atom. The van der Waals surface area contributed by atoms with E-state index in [-0.39, 0.29) is 19.0 Å². The van der Waals surface area contributed by atoms with Crippen molar-refractivity contribution in [1.82, 2.24) is 0 Å². The zero-order valence-corrected chi connectivity index (χ0v) is 15.5. The quantitative estimate of drug-likeness (QED) is 0.429. The summed E-state index contributed by atoms with van der Waals surface area (Å²) in [6.07, 6.45) is 0. The van der Waals surface area contributed by atoms with Gasteiger partial charge in [-0.05, 0) is 13.8 Å². The first-order chi connectivity index (χ1) is 11.8. The number of ketones is 1. The van der Waals surface area contributed by atoms with E-state index in [1.54, 1.807) is 13.8 Å². The lowest BCUT2D eigenvalue weighted by Crippen LogP contribution is -2.62. The van der Waals surface area contributed by atoms with Crippen LogP contribution in [-0.4, -0.2) is 64.9 Å². The van der Waals surface area contributed by atoms with E-state index in [0.29, 0.717) is 37.4 Å². The van der Waals surface area contributed by atoms with Crippen molar-refractivity contribution in [2.75, 3.05) is 46.1 Å². The summed E-state index contributed by atoms with van der Waals surface area (Å²) in [6, 6.07) is 9.29. The lowest BCUT2D eigenvalue weighted by Gasteiger charge is -2.35. The summed E-state index contributed by atoms with van der Waals surface area (Å²) in [5.41, 5.74) is 0.733. The molecule has 0 amide bonds. The molecule has 0 aromatic heterocycles. The van der Waals surface area contributed by atoms with Crippen LogP contribution >= 0.6 is 0 Å². The lowest BCUT2D eigenvalue weighted by atomic mass is 10.1. The minimum atomic E-state index is -3.68. The number of quaternary nitrogens is 1. The van der Waals surface area contributed by atoms with Gasteiger partial charge in [-0.15, -0.1) is 0 Å². The van der Waals surface area contributed by atoms with Gasteiger partial charge in [-0.1, -0.05) is 30.3 Å². The molecule has 2 N–H and O–H groups in total. The summed E-state index contributed by atoms with van der Waals surface area (Å²) in [4.78, 5) is 12.0. The van der Waals surface area contributed by atoms with E-state index >= 15 is 0 Å². The van der Waals surface area contributed by atoms with Gasteiger partial charge in [0.2, 0.25) is 5.78 Å². The second-order valence-corrected chi connectivity index (χ2v) is 6.73. The number of ether oxygens (including phenoxy) is 1. The maximum Gasteiger partial charge on any atom is 0.399 e. The van der Waals surface area contributed by atoms with Gasteiger partial charge in [0.15, 0.2) is 6.54 Å². The molecular formula is C16H27N2O6S+. The van der Waals surface area contributed by atoms with Crippen LogP contribution in [0.2, 0.25) is 0 Å². The smallest absolute Gasteiger partial charge is 0.370 e. The Balaban J connectivity index is 0.000000299. The average molecular weight is 375 g/mol. The van der Waals surface area contributed by atoms with Crippen molar-refractivity contribution in [3.05, 3.63) is 35.9 Å². The monoisotopic (exact) mass is 375 g/mol. The van der Waals surface area contributed by atoms with Crippen LogP contribution in [0.15, 0.2) is 30.3 Å². The van der Waals surface area contributed by atoms with Crippen molar-refractivity contribution >= 4 is 16.2 Å².